The molecule has 0 fully saturated rings. The number of rotatable bonds is 4. The lowest BCUT2D eigenvalue weighted by Crippen LogP contribution is -2.12. The Labute approximate surface area is 143 Å². The van der Waals surface area contributed by atoms with Crippen molar-refractivity contribution in [3.05, 3.63) is 46.7 Å². The summed E-state index contributed by atoms with van der Waals surface area (Å²) in [7, 11) is 0. The monoisotopic (exact) mass is 350 g/mol. The number of benzene rings is 1. The van der Waals surface area contributed by atoms with Gasteiger partial charge >= 0.3 is 0 Å². The van der Waals surface area contributed by atoms with E-state index in [-0.39, 0.29) is 5.41 Å². The predicted octanol–water partition coefficient (Wildman–Crippen LogP) is 3.89. The van der Waals surface area contributed by atoms with Gasteiger partial charge < -0.3 is 10.4 Å². The van der Waals surface area contributed by atoms with Crippen LogP contribution in [0.15, 0.2) is 30.5 Å². The molecule has 2 aromatic heterocycles. The van der Waals surface area contributed by atoms with E-state index in [2.05, 4.69) is 36.2 Å². The first kappa shape index (κ1) is 16.2. The highest BCUT2D eigenvalue weighted by Crippen LogP contribution is 2.26. The van der Waals surface area contributed by atoms with E-state index in [0.29, 0.717) is 11.6 Å². The third kappa shape index (κ3) is 3.65. The van der Waals surface area contributed by atoms with Crippen LogP contribution in [0.5, 0.6) is 0 Å². The molecule has 0 spiro atoms. The lowest BCUT2D eigenvalue weighted by Gasteiger charge is -2.13. The molecule has 0 aliphatic heterocycles. The Morgan fingerprint density at radius 2 is 2.00 bits per heavy atom. The number of hydrogen-bond donors (Lipinski definition) is 2. The van der Waals surface area contributed by atoms with Crippen molar-refractivity contribution >= 4 is 33.0 Å². The molecule has 0 amide bonds. The minimum Gasteiger partial charge on any atom is -0.387 e. The molecule has 0 aliphatic rings. The van der Waals surface area contributed by atoms with E-state index in [9.17, 15) is 5.11 Å². The van der Waals surface area contributed by atoms with E-state index in [0.717, 1.165) is 21.3 Å². The van der Waals surface area contributed by atoms with Crippen molar-refractivity contribution < 1.29 is 5.11 Å². The van der Waals surface area contributed by atoms with Crippen LogP contribution in [-0.2, 0) is 5.41 Å². The third-order valence-electron chi connectivity index (χ3n) is 3.51. The molecule has 1 unspecified atom stereocenters. The molecule has 3 rings (SSSR count). The van der Waals surface area contributed by atoms with Crippen LogP contribution in [0.2, 0.25) is 5.02 Å². The van der Waals surface area contributed by atoms with Gasteiger partial charge in [-0.1, -0.05) is 55.8 Å². The number of aliphatic hydroxyl groups is 1. The summed E-state index contributed by atoms with van der Waals surface area (Å²) in [5.41, 5.74) is 1.84. The summed E-state index contributed by atoms with van der Waals surface area (Å²) in [6.45, 7) is 6.76. The summed E-state index contributed by atoms with van der Waals surface area (Å²) in [5, 5.41) is 19.2. The van der Waals surface area contributed by atoms with Gasteiger partial charge in [-0.15, -0.1) is 5.10 Å². The van der Waals surface area contributed by atoms with Crippen LogP contribution >= 0.6 is 22.9 Å². The smallest absolute Gasteiger partial charge is 0.214 e. The number of halogens is 1. The highest BCUT2D eigenvalue weighted by molar-refractivity contribution is 7.20. The van der Waals surface area contributed by atoms with Crippen molar-refractivity contribution in [2.45, 2.75) is 32.3 Å². The average Bonchev–Trinajstić information content (AvgIpc) is 3.03. The third-order valence-corrected chi connectivity index (χ3v) is 4.65. The number of hydrogen-bond acceptors (Lipinski definition) is 5. The Kier molecular flexibility index (Phi) is 4.31. The van der Waals surface area contributed by atoms with Gasteiger partial charge in [0, 0.05) is 17.0 Å². The number of aromatic nitrogens is 3. The first-order valence-corrected chi connectivity index (χ1v) is 8.56. The molecule has 23 heavy (non-hydrogen) atoms. The Bertz CT molecular complexity index is 772. The first-order chi connectivity index (χ1) is 10.8. The molecular weight excluding hydrogens is 332 g/mol. The quantitative estimate of drug-likeness (QED) is 0.749. The maximum absolute atomic E-state index is 10.2. The van der Waals surface area contributed by atoms with E-state index >= 15 is 0 Å². The lowest BCUT2D eigenvalue weighted by atomic mass is 9.93. The Balaban J connectivity index is 1.67. The molecule has 5 nitrogen and oxygen atoms in total. The van der Waals surface area contributed by atoms with Gasteiger partial charge in [-0.3, -0.25) is 0 Å². The van der Waals surface area contributed by atoms with Crippen LogP contribution in [0.1, 0.15) is 38.1 Å². The SMILES string of the molecule is CC(C)(C)c1cn2nc(NCC(O)c3ccc(Cl)cc3)sc2n1. The summed E-state index contributed by atoms with van der Waals surface area (Å²) in [6, 6.07) is 7.18. The number of aliphatic hydroxyl groups excluding tert-OH is 1. The molecule has 0 saturated heterocycles. The van der Waals surface area contributed by atoms with Crippen molar-refractivity contribution in [1.29, 1.82) is 0 Å². The summed E-state index contributed by atoms with van der Waals surface area (Å²) >= 11 is 7.32. The van der Waals surface area contributed by atoms with Crippen LogP contribution in [0.3, 0.4) is 0 Å². The van der Waals surface area contributed by atoms with Crippen molar-refractivity contribution in [3.63, 3.8) is 0 Å². The van der Waals surface area contributed by atoms with Crippen molar-refractivity contribution in [1.82, 2.24) is 14.6 Å². The second-order valence-electron chi connectivity index (χ2n) is 6.46. The Hall–Kier alpha value is -1.63. The highest BCUT2D eigenvalue weighted by Gasteiger charge is 2.19. The van der Waals surface area contributed by atoms with E-state index in [4.69, 9.17) is 11.6 Å². The van der Waals surface area contributed by atoms with Crippen molar-refractivity contribution in [3.8, 4) is 0 Å². The van der Waals surface area contributed by atoms with Crippen LogP contribution in [0.25, 0.3) is 4.96 Å². The molecule has 1 atom stereocenters. The number of fused-ring (bicyclic) bond motifs is 1. The number of nitrogens with zero attached hydrogens (tertiary/aromatic N) is 3. The van der Waals surface area contributed by atoms with Gasteiger partial charge in [-0.25, -0.2) is 9.50 Å². The average molecular weight is 351 g/mol. The molecule has 0 aliphatic carbocycles. The van der Waals surface area contributed by atoms with Gasteiger partial charge in [0.1, 0.15) is 0 Å². The standard InChI is InChI=1S/C16H19ClN4OS/c1-16(2,3)13-9-21-15(19-13)23-14(20-21)18-8-12(22)10-4-6-11(17)7-5-10/h4-7,9,12,22H,8H2,1-3H3,(H,18,20). The molecule has 0 bridgehead atoms. The maximum atomic E-state index is 10.2. The molecular formula is C16H19ClN4OS. The van der Waals surface area contributed by atoms with E-state index in [1.165, 1.54) is 11.3 Å². The minimum absolute atomic E-state index is 0.00574. The molecule has 3 aromatic rings. The van der Waals surface area contributed by atoms with Gasteiger partial charge in [0.2, 0.25) is 10.1 Å². The summed E-state index contributed by atoms with van der Waals surface area (Å²) in [4.78, 5) is 5.45. The molecule has 0 saturated carbocycles. The van der Waals surface area contributed by atoms with E-state index < -0.39 is 6.10 Å². The highest BCUT2D eigenvalue weighted by atomic mass is 35.5. The zero-order valence-corrected chi connectivity index (χ0v) is 14.8. The van der Waals surface area contributed by atoms with Crippen LogP contribution in [0.4, 0.5) is 5.13 Å². The summed E-state index contributed by atoms with van der Waals surface area (Å²) < 4.78 is 1.78. The molecule has 2 N–H and O–H groups in total. The van der Waals surface area contributed by atoms with Crippen LogP contribution < -0.4 is 5.32 Å². The normalized spacial score (nSPS) is 13.4. The largest absolute Gasteiger partial charge is 0.387 e. The van der Waals surface area contributed by atoms with Gasteiger partial charge in [-0.05, 0) is 17.7 Å². The molecule has 0 radical (unpaired) electrons. The summed E-state index contributed by atoms with van der Waals surface area (Å²) in [5.74, 6) is 0. The lowest BCUT2D eigenvalue weighted by molar-refractivity contribution is 0.191. The van der Waals surface area contributed by atoms with Gasteiger partial charge in [0.15, 0.2) is 0 Å². The fourth-order valence-corrected chi connectivity index (χ4v) is 3.03. The van der Waals surface area contributed by atoms with E-state index in [1.807, 2.05) is 18.3 Å². The topological polar surface area (TPSA) is 62.5 Å². The van der Waals surface area contributed by atoms with Crippen LogP contribution in [0, 0.1) is 0 Å². The van der Waals surface area contributed by atoms with Crippen molar-refractivity contribution in [2.75, 3.05) is 11.9 Å². The van der Waals surface area contributed by atoms with Crippen LogP contribution in [-0.4, -0.2) is 26.2 Å². The minimum atomic E-state index is -0.617. The Morgan fingerprint density at radius 1 is 1.30 bits per heavy atom. The number of anilines is 1. The maximum Gasteiger partial charge on any atom is 0.214 e. The molecule has 7 heteroatoms. The fraction of sp³-hybridized carbons (Fsp3) is 0.375. The number of imidazole rings is 1. The molecule has 1 aromatic carbocycles. The van der Waals surface area contributed by atoms with Gasteiger partial charge in [0.25, 0.3) is 0 Å². The predicted molar refractivity (Wildman–Crippen MR) is 94.5 cm³/mol. The second kappa shape index (κ2) is 6.11. The fourth-order valence-electron chi connectivity index (χ4n) is 2.12. The van der Waals surface area contributed by atoms with Gasteiger partial charge in [-0.2, -0.15) is 0 Å². The molecule has 2 heterocycles. The molecule has 122 valence electrons. The van der Waals surface area contributed by atoms with Crippen molar-refractivity contribution in [2.24, 2.45) is 0 Å². The first-order valence-electron chi connectivity index (χ1n) is 7.37. The summed E-state index contributed by atoms with van der Waals surface area (Å²) in [6.07, 6.45) is 1.33. The zero-order chi connectivity index (χ0) is 16.6. The zero-order valence-electron chi connectivity index (χ0n) is 13.2. The van der Waals surface area contributed by atoms with E-state index in [1.54, 1.807) is 16.6 Å². The number of nitrogens with one attached hydrogen (secondary N) is 1. The van der Waals surface area contributed by atoms with Gasteiger partial charge in [0.05, 0.1) is 18.0 Å². The second-order valence-corrected chi connectivity index (χ2v) is 7.85. The Morgan fingerprint density at radius 3 is 2.61 bits per heavy atom.